The Kier molecular flexibility index (Phi) is 7.35. The number of carbonyl (C=O) groups is 1. The van der Waals surface area contributed by atoms with Crippen LogP contribution in [0.3, 0.4) is 0 Å². The molecule has 0 radical (unpaired) electrons. The monoisotopic (exact) mass is 339 g/mol. The Morgan fingerprint density at radius 1 is 1.08 bits per heavy atom. The summed E-state index contributed by atoms with van der Waals surface area (Å²) in [5.41, 5.74) is -0.440. The minimum Gasteiger partial charge on any atom is -0.444 e. The highest BCUT2D eigenvalue weighted by atomic mass is 16.6. The van der Waals surface area contributed by atoms with Crippen LogP contribution >= 0.6 is 0 Å². The summed E-state index contributed by atoms with van der Waals surface area (Å²) in [4.78, 5) is 17.2. The van der Waals surface area contributed by atoms with Gasteiger partial charge in [-0.25, -0.2) is 4.79 Å². The number of carbonyl (C=O) groups excluding carboxylic acids is 1. The van der Waals surface area contributed by atoms with Crippen LogP contribution in [0.2, 0.25) is 0 Å². The minimum atomic E-state index is -0.440. The maximum Gasteiger partial charge on any atom is 0.407 e. The van der Waals surface area contributed by atoms with Crippen molar-refractivity contribution in [2.24, 2.45) is 0 Å². The molecule has 0 aromatic carbocycles. The van der Waals surface area contributed by atoms with Crippen LogP contribution in [0, 0.1) is 0 Å². The number of hydrogen-bond donors (Lipinski definition) is 1. The second-order valence-corrected chi connectivity index (χ2v) is 8.44. The summed E-state index contributed by atoms with van der Waals surface area (Å²) in [5, 5.41) is 3.06. The second kappa shape index (κ2) is 9.04. The van der Waals surface area contributed by atoms with Crippen molar-refractivity contribution in [2.75, 3.05) is 32.7 Å². The van der Waals surface area contributed by atoms with Crippen LogP contribution in [0.4, 0.5) is 4.79 Å². The van der Waals surface area contributed by atoms with Crippen LogP contribution in [0.1, 0.15) is 66.2 Å². The van der Waals surface area contributed by atoms with Gasteiger partial charge in [-0.2, -0.15) is 0 Å². The normalized spacial score (nSPS) is 25.2. The average molecular weight is 340 g/mol. The van der Waals surface area contributed by atoms with Crippen LogP contribution in [0.5, 0.6) is 0 Å². The molecule has 0 bridgehead atoms. The third-order valence-electron chi connectivity index (χ3n) is 5.14. The van der Waals surface area contributed by atoms with Gasteiger partial charge < -0.3 is 15.0 Å². The zero-order valence-corrected chi connectivity index (χ0v) is 16.1. The summed E-state index contributed by atoms with van der Waals surface area (Å²) in [6, 6.07) is 0.553. The third kappa shape index (κ3) is 6.60. The smallest absolute Gasteiger partial charge is 0.407 e. The molecule has 5 nitrogen and oxygen atoms in total. The van der Waals surface area contributed by atoms with Gasteiger partial charge >= 0.3 is 6.09 Å². The van der Waals surface area contributed by atoms with Crippen LogP contribution in [0.15, 0.2) is 0 Å². The van der Waals surface area contributed by atoms with E-state index in [9.17, 15) is 4.79 Å². The van der Waals surface area contributed by atoms with Gasteiger partial charge in [0.2, 0.25) is 0 Å². The molecule has 2 heterocycles. The van der Waals surface area contributed by atoms with E-state index in [1.807, 2.05) is 20.8 Å². The fraction of sp³-hybridized carbons (Fsp3) is 0.947. The fourth-order valence-electron chi connectivity index (χ4n) is 3.90. The molecule has 0 spiro atoms. The van der Waals surface area contributed by atoms with Gasteiger partial charge in [0.15, 0.2) is 0 Å². The summed E-state index contributed by atoms with van der Waals surface area (Å²) >= 11 is 0. The van der Waals surface area contributed by atoms with Gasteiger partial charge in [0.25, 0.3) is 0 Å². The first kappa shape index (κ1) is 19.5. The van der Waals surface area contributed by atoms with Crippen molar-refractivity contribution in [3.8, 4) is 0 Å². The van der Waals surface area contributed by atoms with Gasteiger partial charge in [-0.05, 0) is 73.0 Å². The van der Waals surface area contributed by atoms with E-state index in [-0.39, 0.29) is 12.1 Å². The van der Waals surface area contributed by atoms with Crippen LogP contribution in [-0.2, 0) is 4.74 Å². The maximum absolute atomic E-state index is 12.1. The van der Waals surface area contributed by atoms with Gasteiger partial charge in [0.1, 0.15) is 5.60 Å². The molecule has 2 fully saturated rings. The largest absolute Gasteiger partial charge is 0.444 e. The summed E-state index contributed by atoms with van der Waals surface area (Å²) in [6.07, 6.45) is 7.48. The van der Waals surface area contributed by atoms with Crippen LogP contribution in [-0.4, -0.2) is 66.3 Å². The Labute approximate surface area is 148 Å². The molecule has 2 unspecified atom stereocenters. The molecule has 1 N–H and O–H groups in total. The summed E-state index contributed by atoms with van der Waals surface area (Å²) < 4.78 is 5.41. The Morgan fingerprint density at radius 2 is 1.75 bits per heavy atom. The predicted octanol–water partition coefficient (Wildman–Crippen LogP) is 3.24. The van der Waals surface area contributed by atoms with Crippen molar-refractivity contribution in [1.29, 1.82) is 0 Å². The summed E-state index contributed by atoms with van der Waals surface area (Å²) in [6.45, 7) is 13.8. The first-order chi connectivity index (χ1) is 11.3. The molecule has 2 atom stereocenters. The molecule has 24 heavy (non-hydrogen) atoms. The van der Waals surface area contributed by atoms with E-state index in [1.165, 1.54) is 45.2 Å². The summed E-state index contributed by atoms with van der Waals surface area (Å²) in [7, 11) is 0. The first-order valence-corrected chi connectivity index (χ1v) is 9.81. The number of nitrogens with one attached hydrogen (secondary N) is 1. The quantitative estimate of drug-likeness (QED) is 0.835. The Morgan fingerprint density at radius 3 is 2.42 bits per heavy atom. The number of likely N-dealkylation sites (tertiary alicyclic amines) is 2. The molecule has 2 saturated heterocycles. The van der Waals surface area contributed by atoms with Gasteiger partial charge in [0.05, 0.1) is 0 Å². The maximum atomic E-state index is 12.1. The molecule has 2 aliphatic heterocycles. The second-order valence-electron chi connectivity index (χ2n) is 8.44. The molecular weight excluding hydrogens is 302 g/mol. The van der Waals surface area contributed by atoms with E-state index < -0.39 is 5.60 Å². The van der Waals surface area contributed by atoms with Crippen LogP contribution in [0.25, 0.3) is 0 Å². The van der Waals surface area contributed by atoms with Crippen molar-refractivity contribution in [3.63, 3.8) is 0 Å². The lowest BCUT2D eigenvalue weighted by molar-refractivity contribution is 0.0431. The van der Waals surface area contributed by atoms with E-state index in [0.717, 1.165) is 26.1 Å². The van der Waals surface area contributed by atoms with Crippen molar-refractivity contribution in [1.82, 2.24) is 15.1 Å². The number of hydrogen-bond acceptors (Lipinski definition) is 4. The summed E-state index contributed by atoms with van der Waals surface area (Å²) in [5.74, 6) is 0. The number of piperidine rings is 2. The number of amides is 1. The van der Waals surface area contributed by atoms with E-state index in [2.05, 4.69) is 22.0 Å². The van der Waals surface area contributed by atoms with Gasteiger partial charge in [-0.15, -0.1) is 0 Å². The van der Waals surface area contributed by atoms with Crippen molar-refractivity contribution >= 4 is 6.09 Å². The number of ether oxygens (including phenoxy) is 1. The number of nitrogens with zero attached hydrogens (tertiary/aromatic N) is 2. The van der Waals surface area contributed by atoms with Crippen molar-refractivity contribution < 1.29 is 9.53 Å². The van der Waals surface area contributed by atoms with Crippen molar-refractivity contribution in [2.45, 2.75) is 83.9 Å². The molecule has 2 rings (SSSR count). The average Bonchev–Trinajstić information content (AvgIpc) is 2.52. The predicted molar refractivity (Wildman–Crippen MR) is 98.3 cm³/mol. The molecule has 2 aliphatic rings. The zero-order chi connectivity index (χ0) is 17.6. The standard InChI is InChI=1S/C19H37N3O2/c1-16(20-18(23)24-19(2,3)4)17-10-6-9-13-22(17)15-14-21-11-7-5-8-12-21/h16-17H,5-15H2,1-4H3,(H,20,23). The lowest BCUT2D eigenvalue weighted by atomic mass is 9.96. The Bertz CT molecular complexity index is 389. The zero-order valence-electron chi connectivity index (χ0n) is 16.1. The third-order valence-corrected chi connectivity index (χ3v) is 5.14. The molecule has 5 heteroatoms. The fourth-order valence-corrected chi connectivity index (χ4v) is 3.90. The number of alkyl carbamates (subject to hydrolysis) is 1. The van der Waals surface area contributed by atoms with Crippen molar-refractivity contribution in [3.05, 3.63) is 0 Å². The molecule has 0 saturated carbocycles. The molecular formula is C19H37N3O2. The number of rotatable bonds is 5. The molecule has 0 aliphatic carbocycles. The Hall–Kier alpha value is -0.810. The van der Waals surface area contributed by atoms with E-state index in [4.69, 9.17) is 4.74 Å². The topological polar surface area (TPSA) is 44.8 Å². The van der Waals surface area contributed by atoms with Gasteiger partial charge in [0, 0.05) is 25.2 Å². The Balaban J connectivity index is 1.82. The molecule has 0 aromatic heterocycles. The highest BCUT2D eigenvalue weighted by molar-refractivity contribution is 5.68. The lowest BCUT2D eigenvalue weighted by Gasteiger charge is -2.40. The van der Waals surface area contributed by atoms with E-state index in [0.29, 0.717) is 6.04 Å². The molecule has 1 amide bonds. The molecule has 140 valence electrons. The van der Waals surface area contributed by atoms with Gasteiger partial charge in [-0.1, -0.05) is 12.8 Å². The molecule has 0 aromatic rings. The van der Waals surface area contributed by atoms with E-state index >= 15 is 0 Å². The SMILES string of the molecule is CC(NC(=O)OC(C)(C)C)C1CCCCN1CCN1CCCCC1. The van der Waals surface area contributed by atoms with Crippen LogP contribution < -0.4 is 5.32 Å². The lowest BCUT2D eigenvalue weighted by Crippen LogP contribution is -2.54. The van der Waals surface area contributed by atoms with Gasteiger partial charge in [-0.3, -0.25) is 4.90 Å². The highest BCUT2D eigenvalue weighted by Gasteiger charge is 2.29. The first-order valence-electron chi connectivity index (χ1n) is 9.81. The highest BCUT2D eigenvalue weighted by Crippen LogP contribution is 2.20. The minimum absolute atomic E-state index is 0.126. The van der Waals surface area contributed by atoms with E-state index in [1.54, 1.807) is 0 Å².